The molecule has 4 aromatic carbocycles. The Bertz CT molecular complexity index is 1580. The molecule has 0 aromatic heterocycles. The lowest BCUT2D eigenvalue weighted by Gasteiger charge is -2.14. The van der Waals surface area contributed by atoms with Gasteiger partial charge in [-0.15, -0.1) is 0 Å². The summed E-state index contributed by atoms with van der Waals surface area (Å²) in [5.41, 5.74) is 4.14. The van der Waals surface area contributed by atoms with Crippen molar-refractivity contribution in [2.75, 3.05) is 43.5 Å². The van der Waals surface area contributed by atoms with Gasteiger partial charge in [0.1, 0.15) is 5.75 Å². The van der Waals surface area contributed by atoms with Crippen LogP contribution in [0, 0.1) is 0 Å². The van der Waals surface area contributed by atoms with Gasteiger partial charge < -0.3 is 40.7 Å². The van der Waals surface area contributed by atoms with Gasteiger partial charge in [0.2, 0.25) is 0 Å². The molecule has 0 aliphatic heterocycles. The molecule has 10 heteroatoms. The third-order valence-electron chi connectivity index (χ3n) is 7.63. The van der Waals surface area contributed by atoms with Gasteiger partial charge in [0.15, 0.2) is 0 Å². The number of carbonyl (C=O) groups is 2. The molecule has 0 heterocycles. The maximum atomic E-state index is 12.9. The van der Waals surface area contributed by atoms with Gasteiger partial charge in [-0.05, 0) is 85.1 Å². The lowest BCUT2D eigenvalue weighted by atomic mass is 10.1. The number of aromatic hydroxyl groups is 1. The SMILES string of the molecule is O=C(Nc1cccc(C(=O)Nc2cccc(COCCOCCCCCCNC[C@H](O)c3ccc(O)c(CO)c3)c2)c1)c1ccccc1. The zero-order valence-electron chi connectivity index (χ0n) is 27.1. The molecule has 1 atom stereocenters. The van der Waals surface area contributed by atoms with Crippen molar-refractivity contribution in [3.8, 4) is 5.75 Å². The average Bonchev–Trinajstić information content (AvgIpc) is 3.11. The van der Waals surface area contributed by atoms with Crippen molar-refractivity contribution in [1.29, 1.82) is 0 Å². The second-order valence-electron chi connectivity index (χ2n) is 11.4. The van der Waals surface area contributed by atoms with E-state index in [2.05, 4.69) is 16.0 Å². The molecular formula is C38H45N3O7. The standard InChI is InChI=1S/C38H45N3O7/c42-26-32-23-30(16-17-35(32)43)36(44)25-39-18-6-1-2-7-19-47-20-21-48-27-28-10-8-14-33(22-28)40-38(46)31-13-9-15-34(24-31)41-37(45)29-11-4-3-5-12-29/h3-5,8-17,22-24,36,39,42-44H,1-2,6-7,18-21,25-27H2,(H,40,46)(H,41,45)/t36-/m0/s1. The minimum absolute atomic E-state index is 0.0249. The van der Waals surface area contributed by atoms with Crippen LogP contribution in [-0.4, -0.2) is 60.0 Å². The highest BCUT2D eigenvalue weighted by Gasteiger charge is 2.11. The van der Waals surface area contributed by atoms with Crippen LogP contribution in [0.4, 0.5) is 11.4 Å². The van der Waals surface area contributed by atoms with Gasteiger partial charge >= 0.3 is 0 Å². The van der Waals surface area contributed by atoms with E-state index in [-0.39, 0.29) is 24.2 Å². The predicted octanol–water partition coefficient (Wildman–Crippen LogP) is 5.81. The van der Waals surface area contributed by atoms with Gasteiger partial charge in [0.25, 0.3) is 11.8 Å². The Balaban J connectivity index is 1.03. The third-order valence-corrected chi connectivity index (χ3v) is 7.63. The molecular weight excluding hydrogens is 610 g/mol. The molecule has 0 bridgehead atoms. The summed E-state index contributed by atoms with van der Waals surface area (Å²) in [6.07, 6.45) is 3.36. The van der Waals surface area contributed by atoms with Gasteiger partial charge in [0, 0.05) is 41.2 Å². The molecule has 0 spiro atoms. The van der Waals surface area contributed by atoms with Crippen LogP contribution in [0.5, 0.6) is 5.75 Å². The Labute approximate surface area is 281 Å². The number of amides is 2. The summed E-state index contributed by atoms with van der Waals surface area (Å²) < 4.78 is 11.5. The topological polar surface area (TPSA) is 149 Å². The van der Waals surface area contributed by atoms with Crippen LogP contribution in [0.2, 0.25) is 0 Å². The third kappa shape index (κ3) is 12.2. The molecule has 0 fully saturated rings. The van der Waals surface area contributed by atoms with Crippen LogP contribution >= 0.6 is 0 Å². The van der Waals surface area contributed by atoms with Crippen LogP contribution in [0.1, 0.15) is 69.2 Å². The fourth-order valence-electron chi connectivity index (χ4n) is 4.99. The predicted molar refractivity (Wildman–Crippen MR) is 186 cm³/mol. The maximum absolute atomic E-state index is 12.9. The number of aliphatic hydroxyl groups is 2. The van der Waals surface area contributed by atoms with Crippen molar-refractivity contribution >= 4 is 23.2 Å². The van der Waals surface area contributed by atoms with Crippen LogP contribution in [0.25, 0.3) is 0 Å². The highest BCUT2D eigenvalue weighted by Crippen LogP contribution is 2.22. The fraction of sp³-hybridized carbons (Fsp3) is 0.316. The number of aliphatic hydroxyl groups excluding tert-OH is 2. The van der Waals surface area contributed by atoms with Gasteiger partial charge in [-0.3, -0.25) is 9.59 Å². The first kappa shape index (κ1) is 36.3. The molecule has 0 aliphatic carbocycles. The van der Waals surface area contributed by atoms with Crippen LogP contribution in [0.15, 0.2) is 97.1 Å². The van der Waals surface area contributed by atoms with Crippen LogP contribution in [-0.2, 0) is 22.7 Å². The summed E-state index contributed by atoms with van der Waals surface area (Å²) in [5, 5.41) is 38.2. The molecule has 6 N–H and O–H groups in total. The number of anilines is 2. The number of rotatable bonds is 20. The van der Waals surface area contributed by atoms with E-state index in [1.54, 1.807) is 60.7 Å². The Morgan fingerprint density at radius 3 is 2.17 bits per heavy atom. The highest BCUT2D eigenvalue weighted by molar-refractivity contribution is 6.07. The summed E-state index contributed by atoms with van der Waals surface area (Å²) in [6.45, 7) is 2.96. The number of hydrogen-bond donors (Lipinski definition) is 6. The van der Waals surface area contributed by atoms with Crippen molar-refractivity contribution in [3.05, 3.63) is 125 Å². The summed E-state index contributed by atoms with van der Waals surface area (Å²) in [6, 6.07) is 28.0. The van der Waals surface area contributed by atoms with E-state index < -0.39 is 6.10 Å². The zero-order chi connectivity index (χ0) is 34.0. The van der Waals surface area contributed by atoms with Crippen molar-refractivity contribution in [2.24, 2.45) is 0 Å². The largest absolute Gasteiger partial charge is 0.508 e. The molecule has 2 amide bonds. The Morgan fingerprint density at radius 1 is 0.688 bits per heavy atom. The van der Waals surface area contributed by atoms with E-state index in [1.807, 2.05) is 30.3 Å². The highest BCUT2D eigenvalue weighted by atomic mass is 16.5. The van der Waals surface area contributed by atoms with E-state index >= 15 is 0 Å². The van der Waals surface area contributed by atoms with Crippen molar-refractivity contribution < 1.29 is 34.4 Å². The molecule has 10 nitrogen and oxygen atoms in total. The molecule has 0 saturated heterocycles. The van der Waals surface area contributed by atoms with Gasteiger partial charge in [-0.25, -0.2) is 0 Å². The normalized spacial score (nSPS) is 11.6. The lowest BCUT2D eigenvalue weighted by Crippen LogP contribution is -2.22. The van der Waals surface area contributed by atoms with E-state index in [0.29, 0.717) is 66.6 Å². The molecule has 0 radical (unpaired) electrons. The first-order valence-corrected chi connectivity index (χ1v) is 16.3. The molecule has 0 aliphatic rings. The van der Waals surface area contributed by atoms with Gasteiger partial charge in [-0.2, -0.15) is 0 Å². The Kier molecular flexibility index (Phi) is 15.1. The first-order chi connectivity index (χ1) is 23.4. The smallest absolute Gasteiger partial charge is 0.255 e. The van der Waals surface area contributed by atoms with Crippen molar-refractivity contribution in [1.82, 2.24) is 5.32 Å². The molecule has 48 heavy (non-hydrogen) atoms. The number of benzene rings is 4. The number of unbranched alkanes of at least 4 members (excludes halogenated alkanes) is 3. The monoisotopic (exact) mass is 655 g/mol. The number of carbonyl (C=O) groups excluding carboxylic acids is 2. The first-order valence-electron chi connectivity index (χ1n) is 16.3. The van der Waals surface area contributed by atoms with Gasteiger partial charge in [-0.1, -0.05) is 55.3 Å². The summed E-state index contributed by atoms with van der Waals surface area (Å²) in [7, 11) is 0. The molecule has 4 rings (SSSR count). The minimum Gasteiger partial charge on any atom is -0.508 e. The second kappa shape index (κ2) is 19.9. The molecule has 0 unspecified atom stereocenters. The number of nitrogens with one attached hydrogen (secondary N) is 3. The van der Waals surface area contributed by atoms with Crippen molar-refractivity contribution in [3.63, 3.8) is 0 Å². The second-order valence-corrected chi connectivity index (χ2v) is 11.4. The summed E-state index contributed by atoms with van der Waals surface area (Å²) in [5.74, 6) is -0.499. The lowest BCUT2D eigenvalue weighted by molar-refractivity contribution is 0.0393. The van der Waals surface area contributed by atoms with Crippen LogP contribution < -0.4 is 16.0 Å². The van der Waals surface area contributed by atoms with E-state index in [9.17, 15) is 24.9 Å². The molecule has 0 saturated carbocycles. The van der Waals surface area contributed by atoms with E-state index in [0.717, 1.165) is 37.8 Å². The zero-order valence-corrected chi connectivity index (χ0v) is 27.1. The number of phenols is 1. The number of hydrogen-bond acceptors (Lipinski definition) is 8. The summed E-state index contributed by atoms with van der Waals surface area (Å²) >= 11 is 0. The quantitative estimate of drug-likeness (QED) is 0.0654. The van der Waals surface area contributed by atoms with Crippen molar-refractivity contribution in [2.45, 2.75) is 45.0 Å². The fourth-order valence-corrected chi connectivity index (χ4v) is 4.99. The Morgan fingerprint density at radius 2 is 1.38 bits per heavy atom. The minimum atomic E-state index is -0.701. The van der Waals surface area contributed by atoms with Gasteiger partial charge in [0.05, 0.1) is 32.5 Å². The molecule has 254 valence electrons. The van der Waals surface area contributed by atoms with Crippen LogP contribution in [0.3, 0.4) is 0 Å². The van der Waals surface area contributed by atoms with E-state index in [1.165, 1.54) is 6.07 Å². The molecule has 4 aromatic rings. The number of ether oxygens (including phenoxy) is 2. The van der Waals surface area contributed by atoms with E-state index in [4.69, 9.17) is 9.47 Å². The maximum Gasteiger partial charge on any atom is 0.255 e. The average molecular weight is 656 g/mol. The Hall–Kier alpha value is -4.58. The summed E-state index contributed by atoms with van der Waals surface area (Å²) in [4.78, 5) is 25.4.